The van der Waals surface area contributed by atoms with E-state index >= 15 is 0 Å². The van der Waals surface area contributed by atoms with Gasteiger partial charge in [-0.1, -0.05) is 30.4 Å². The molecule has 0 saturated carbocycles. The third-order valence-corrected chi connectivity index (χ3v) is 5.52. The molecule has 0 spiro atoms. The monoisotopic (exact) mass is 587 g/mol. The number of ether oxygens (including phenoxy) is 1. The zero-order valence-corrected chi connectivity index (χ0v) is 18.2. The number of hydrogen-bond donors (Lipinski definition) is 0. The van der Waals surface area contributed by atoms with Crippen molar-refractivity contribution in [1.29, 1.82) is 0 Å². The molecule has 1 heterocycles. The molecule has 192 valence electrons. The molecule has 1 atom stereocenters. The molecule has 15 heteroatoms. The number of hydrogen-bond acceptors (Lipinski definition) is 2. The predicted molar refractivity (Wildman–Crippen MR) is 103 cm³/mol. The van der Waals surface area contributed by atoms with E-state index in [1.54, 1.807) is 12.1 Å². The molecule has 1 aliphatic rings. The van der Waals surface area contributed by atoms with E-state index in [1.807, 2.05) is 0 Å². The lowest BCUT2D eigenvalue weighted by atomic mass is 9.87. The van der Waals surface area contributed by atoms with Gasteiger partial charge in [0, 0.05) is 22.3 Å². The van der Waals surface area contributed by atoms with Gasteiger partial charge in [-0.05, 0) is 39.7 Å². The number of anilines is 2. The molecular formula is C20H10BrF12NO. The van der Waals surface area contributed by atoms with Crippen molar-refractivity contribution in [2.45, 2.75) is 30.3 Å². The third-order valence-electron chi connectivity index (χ3n) is 4.91. The summed E-state index contributed by atoms with van der Waals surface area (Å²) in [4.78, 5) is 1.06. The smallest absolute Gasteiger partial charge is 0.403 e. The van der Waals surface area contributed by atoms with E-state index in [0.29, 0.717) is 5.56 Å². The molecule has 0 saturated heterocycles. The maximum Gasteiger partial charge on any atom is 0.573 e. The number of rotatable bonds is 4. The minimum Gasteiger partial charge on any atom is -0.403 e. The average Bonchev–Trinajstić information content (AvgIpc) is 2.69. The number of benzene rings is 2. The lowest BCUT2D eigenvalue weighted by Crippen LogP contribution is -2.59. The van der Waals surface area contributed by atoms with Gasteiger partial charge in [-0.25, -0.2) is 4.39 Å². The van der Waals surface area contributed by atoms with Gasteiger partial charge >= 0.3 is 30.3 Å². The van der Waals surface area contributed by atoms with Crippen LogP contribution < -0.4 is 9.64 Å². The highest BCUT2D eigenvalue weighted by Gasteiger charge is 2.81. The van der Waals surface area contributed by atoms with E-state index in [-0.39, 0.29) is 18.3 Å². The van der Waals surface area contributed by atoms with Crippen LogP contribution >= 0.6 is 15.9 Å². The van der Waals surface area contributed by atoms with Gasteiger partial charge in [0.1, 0.15) is 0 Å². The molecule has 2 nitrogen and oxygen atoms in total. The summed E-state index contributed by atoms with van der Waals surface area (Å²) in [5.41, 5.74) is -8.99. The molecule has 2 aromatic carbocycles. The number of fused-ring (bicyclic) bond motifs is 1. The molecule has 0 aromatic heterocycles. The fraction of sp³-hybridized carbons (Fsp3) is 0.300. The summed E-state index contributed by atoms with van der Waals surface area (Å²) >= 11 is 2.60. The van der Waals surface area contributed by atoms with Crippen LogP contribution in [0.2, 0.25) is 0 Å². The van der Waals surface area contributed by atoms with Gasteiger partial charge in [0.2, 0.25) is 0 Å². The van der Waals surface area contributed by atoms with Crippen molar-refractivity contribution in [3.63, 3.8) is 0 Å². The van der Waals surface area contributed by atoms with Crippen LogP contribution in [0.25, 0.3) is 6.08 Å². The molecule has 3 rings (SSSR count). The summed E-state index contributed by atoms with van der Waals surface area (Å²) in [6.07, 6.45) is -16.6. The van der Waals surface area contributed by atoms with Crippen LogP contribution in [0.4, 0.5) is 64.1 Å². The Morgan fingerprint density at radius 3 is 1.94 bits per heavy atom. The number of nitrogens with zero attached hydrogens (tertiary/aromatic N) is 1. The fourth-order valence-electron chi connectivity index (χ4n) is 3.42. The van der Waals surface area contributed by atoms with Gasteiger partial charge in [0.15, 0.2) is 5.75 Å². The molecule has 1 aliphatic heterocycles. The SMILES string of the molecule is FC(F)(F)Oc1cc(C(F)(C(F)(F)F)C(F)(F)C(F)(F)F)cc(Br)c1N1CC=Cc2ccccc21. The van der Waals surface area contributed by atoms with Crippen molar-refractivity contribution in [1.82, 2.24) is 0 Å². The highest BCUT2D eigenvalue weighted by atomic mass is 79.9. The standard InChI is InChI=1S/C20H10BrF12NO/c21-12-8-11(16(22,18(25,26)27)17(23,24)19(28,29)30)9-14(35-20(31,32)33)15(12)34-7-3-5-10-4-1-2-6-13(10)34/h1-6,8-9H,7H2. The van der Waals surface area contributed by atoms with E-state index in [1.165, 1.54) is 24.3 Å². The first-order chi connectivity index (χ1) is 15.8. The van der Waals surface area contributed by atoms with E-state index in [9.17, 15) is 52.7 Å². The van der Waals surface area contributed by atoms with Crippen molar-refractivity contribution in [2.24, 2.45) is 0 Å². The van der Waals surface area contributed by atoms with E-state index in [2.05, 4.69) is 20.7 Å². The Hall–Kier alpha value is -2.58. The maximum absolute atomic E-state index is 14.9. The minimum atomic E-state index is -7.07. The molecule has 0 N–H and O–H groups in total. The van der Waals surface area contributed by atoms with Gasteiger partial charge in [-0.3, -0.25) is 0 Å². The molecule has 0 bridgehead atoms. The summed E-state index contributed by atoms with van der Waals surface area (Å²) < 4.78 is 164. The minimum absolute atomic E-state index is 0.0906. The third kappa shape index (κ3) is 4.66. The second-order valence-electron chi connectivity index (χ2n) is 7.15. The Balaban J connectivity index is 2.33. The van der Waals surface area contributed by atoms with Gasteiger partial charge in [-0.2, -0.15) is 35.1 Å². The van der Waals surface area contributed by atoms with Crippen LogP contribution in [0.15, 0.2) is 46.9 Å². The number of alkyl halides is 12. The first-order valence-corrected chi connectivity index (χ1v) is 9.93. The topological polar surface area (TPSA) is 12.5 Å². The quantitative estimate of drug-likeness (QED) is 0.333. The Morgan fingerprint density at radius 1 is 0.800 bits per heavy atom. The second kappa shape index (κ2) is 8.52. The lowest BCUT2D eigenvalue weighted by Gasteiger charge is -2.37. The second-order valence-corrected chi connectivity index (χ2v) is 8.01. The van der Waals surface area contributed by atoms with Crippen LogP contribution in [0.3, 0.4) is 0 Å². The Morgan fingerprint density at radius 2 is 1.40 bits per heavy atom. The van der Waals surface area contributed by atoms with Crippen molar-refractivity contribution in [3.05, 3.63) is 58.1 Å². The Kier molecular flexibility index (Phi) is 6.58. The summed E-state index contributed by atoms with van der Waals surface area (Å²) in [7, 11) is 0. The van der Waals surface area contributed by atoms with Crippen LogP contribution in [0, 0.1) is 0 Å². The van der Waals surface area contributed by atoms with E-state index in [4.69, 9.17) is 0 Å². The highest BCUT2D eigenvalue weighted by molar-refractivity contribution is 9.10. The molecule has 0 radical (unpaired) electrons. The van der Waals surface area contributed by atoms with Crippen molar-refractivity contribution in [2.75, 3.05) is 11.4 Å². The Bertz CT molecular complexity index is 1140. The van der Waals surface area contributed by atoms with Crippen LogP contribution in [-0.4, -0.2) is 31.2 Å². The van der Waals surface area contributed by atoms with Crippen molar-refractivity contribution < 1.29 is 57.4 Å². The summed E-state index contributed by atoms with van der Waals surface area (Å²) in [6.45, 7) is -0.206. The molecule has 35 heavy (non-hydrogen) atoms. The van der Waals surface area contributed by atoms with Crippen molar-refractivity contribution in [3.8, 4) is 5.75 Å². The summed E-state index contributed by atoms with van der Waals surface area (Å²) in [5.74, 6) is -8.72. The van der Waals surface area contributed by atoms with Crippen LogP contribution in [0.5, 0.6) is 5.75 Å². The molecule has 0 fully saturated rings. The van der Waals surface area contributed by atoms with Gasteiger partial charge in [0.25, 0.3) is 0 Å². The summed E-state index contributed by atoms with van der Waals surface area (Å²) in [5, 5.41) is 0. The van der Waals surface area contributed by atoms with Crippen LogP contribution in [0.1, 0.15) is 11.1 Å². The lowest BCUT2D eigenvalue weighted by molar-refractivity contribution is -0.389. The van der Waals surface area contributed by atoms with Crippen LogP contribution in [-0.2, 0) is 5.67 Å². The number of halogens is 13. The normalized spacial score (nSPS) is 16.7. The summed E-state index contributed by atoms with van der Waals surface area (Å²) in [6, 6.07) is 5.36. The first-order valence-electron chi connectivity index (χ1n) is 9.14. The van der Waals surface area contributed by atoms with E-state index in [0.717, 1.165) is 4.90 Å². The molecular weight excluding hydrogens is 578 g/mol. The molecule has 2 aromatic rings. The zero-order chi connectivity index (χ0) is 26.6. The fourth-order valence-corrected chi connectivity index (χ4v) is 4.08. The van der Waals surface area contributed by atoms with Crippen molar-refractivity contribution >= 4 is 33.4 Å². The predicted octanol–water partition coefficient (Wildman–Crippen LogP) is 8.44. The number of para-hydroxylation sites is 1. The molecule has 0 amide bonds. The van der Waals surface area contributed by atoms with Gasteiger partial charge in [-0.15, -0.1) is 13.2 Å². The van der Waals surface area contributed by atoms with Gasteiger partial charge < -0.3 is 9.64 Å². The molecule has 1 unspecified atom stereocenters. The average molecular weight is 588 g/mol. The van der Waals surface area contributed by atoms with Gasteiger partial charge in [0.05, 0.1) is 5.69 Å². The van der Waals surface area contributed by atoms with E-state index < -0.39 is 57.8 Å². The largest absolute Gasteiger partial charge is 0.573 e. The Labute approximate surface area is 196 Å². The molecule has 0 aliphatic carbocycles. The zero-order valence-electron chi connectivity index (χ0n) is 16.6. The maximum atomic E-state index is 14.9. The highest BCUT2D eigenvalue weighted by Crippen LogP contribution is 2.60. The first kappa shape index (κ1) is 27.0.